The highest BCUT2D eigenvalue weighted by Gasteiger charge is 2.18. The highest BCUT2D eigenvalue weighted by atomic mass is 16.5. The molecule has 9 heteroatoms. The van der Waals surface area contributed by atoms with Gasteiger partial charge in [0.2, 0.25) is 5.91 Å². The molecule has 1 amide bonds. The Morgan fingerprint density at radius 3 is 2.74 bits per heavy atom. The van der Waals surface area contributed by atoms with Gasteiger partial charge in [-0.1, -0.05) is 18.2 Å². The molecule has 1 saturated heterocycles. The minimum Gasteiger partial charge on any atom is -0.478 e. The van der Waals surface area contributed by atoms with Crippen LogP contribution in [0, 0.1) is 13.8 Å². The molecule has 1 fully saturated rings. The molecule has 4 aromatic rings. The number of hydrogen-bond acceptors (Lipinski definition) is 6. The zero-order valence-electron chi connectivity index (χ0n) is 22.7. The predicted molar refractivity (Wildman–Crippen MR) is 153 cm³/mol. The summed E-state index contributed by atoms with van der Waals surface area (Å²) in [4.78, 5) is 37.3. The van der Waals surface area contributed by atoms with Crippen molar-refractivity contribution in [1.29, 1.82) is 0 Å². The van der Waals surface area contributed by atoms with Crippen LogP contribution in [-0.4, -0.2) is 51.7 Å². The highest BCUT2D eigenvalue weighted by molar-refractivity contribution is 5.83. The Bertz CT molecular complexity index is 1520. The fourth-order valence-electron chi connectivity index (χ4n) is 5.15. The number of primary amides is 1. The van der Waals surface area contributed by atoms with E-state index >= 15 is 0 Å². The summed E-state index contributed by atoms with van der Waals surface area (Å²) in [6, 6.07) is 14.4. The van der Waals surface area contributed by atoms with Gasteiger partial charge in [-0.25, -0.2) is 4.98 Å². The number of amides is 1. The second-order valence-corrected chi connectivity index (χ2v) is 10.3. The second-order valence-electron chi connectivity index (χ2n) is 10.3. The number of aryl methyl sites for hydroxylation is 2. The van der Waals surface area contributed by atoms with Crippen LogP contribution >= 0.6 is 0 Å². The van der Waals surface area contributed by atoms with Crippen LogP contribution in [0.15, 0.2) is 59.7 Å². The molecule has 0 bridgehead atoms. The van der Waals surface area contributed by atoms with Crippen molar-refractivity contribution in [3.05, 3.63) is 87.6 Å². The van der Waals surface area contributed by atoms with E-state index in [9.17, 15) is 9.59 Å². The molecular weight excluding hydrogens is 492 g/mol. The van der Waals surface area contributed by atoms with Crippen molar-refractivity contribution < 1.29 is 9.53 Å². The largest absolute Gasteiger partial charge is 0.478 e. The third kappa shape index (κ3) is 6.31. The van der Waals surface area contributed by atoms with E-state index in [1.54, 1.807) is 13.1 Å². The van der Waals surface area contributed by atoms with Gasteiger partial charge < -0.3 is 20.4 Å². The summed E-state index contributed by atoms with van der Waals surface area (Å²) in [5.74, 6) is 0.578. The molecule has 0 radical (unpaired) electrons. The van der Waals surface area contributed by atoms with E-state index in [-0.39, 0.29) is 12.1 Å². The molecule has 0 unspecified atom stereocenters. The quantitative estimate of drug-likeness (QED) is 0.308. The van der Waals surface area contributed by atoms with Crippen LogP contribution in [0.1, 0.15) is 35.2 Å². The topological polar surface area (TPSA) is 109 Å². The van der Waals surface area contributed by atoms with Crippen LogP contribution in [0.3, 0.4) is 0 Å². The van der Waals surface area contributed by atoms with E-state index in [0.717, 1.165) is 40.9 Å². The SMILES string of the molecule is Cc1c[nH]c2ccc(CN(CCc3cccc(OCN4CCCC4)c3)c3ncc(C)n(CC(N)=O)c3=O)cc12. The number of nitrogens with one attached hydrogen (secondary N) is 1. The van der Waals surface area contributed by atoms with Crippen molar-refractivity contribution >= 4 is 22.6 Å². The van der Waals surface area contributed by atoms with Gasteiger partial charge in [-0.05, 0) is 74.1 Å². The molecule has 39 heavy (non-hydrogen) atoms. The normalized spacial score (nSPS) is 13.7. The maximum absolute atomic E-state index is 13.5. The Balaban J connectivity index is 1.40. The van der Waals surface area contributed by atoms with E-state index in [0.29, 0.717) is 37.8 Å². The molecule has 5 rings (SSSR count). The Hall–Kier alpha value is -4.11. The first-order chi connectivity index (χ1) is 18.9. The number of ether oxygens (including phenoxy) is 1. The van der Waals surface area contributed by atoms with Crippen molar-refractivity contribution in [1.82, 2.24) is 19.4 Å². The van der Waals surface area contributed by atoms with Crippen LogP contribution in [0.2, 0.25) is 0 Å². The minimum atomic E-state index is -0.567. The van der Waals surface area contributed by atoms with Gasteiger partial charge in [-0.15, -0.1) is 0 Å². The Morgan fingerprint density at radius 1 is 1.13 bits per heavy atom. The Morgan fingerprint density at radius 2 is 1.95 bits per heavy atom. The monoisotopic (exact) mass is 528 g/mol. The summed E-state index contributed by atoms with van der Waals surface area (Å²) in [7, 11) is 0. The van der Waals surface area contributed by atoms with Gasteiger partial charge in [0.1, 0.15) is 19.0 Å². The first-order valence-electron chi connectivity index (χ1n) is 13.5. The summed E-state index contributed by atoms with van der Waals surface area (Å²) in [5, 5.41) is 1.15. The Kier molecular flexibility index (Phi) is 7.97. The summed E-state index contributed by atoms with van der Waals surface area (Å²) in [6.07, 6.45) is 6.76. The third-order valence-electron chi connectivity index (χ3n) is 7.36. The maximum Gasteiger partial charge on any atom is 0.294 e. The number of fused-ring (bicyclic) bond motifs is 1. The van der Waals surface area contributed by atoms with Gasteiger partial charge in [-0.3, -0.25) is 19.1 Å². The molecule has 1 aliphatic heterocycles. The number of anilines is 1. The predicted octanol–water partition coefficient (Wildman–Crippen LogP) is 3.51. The number of nitrogens with zero attached hydrogens (tertiary/aromatic N) is 4. The standard InChI is InChI=1S/C30H36N6O3/c1-21-16-32-27-9-8-24(15-26(21)27)18-35(29-30(38)36(19-28(31)37)22(2)17-33-29)13-10-23-6-5-7-25(14-23)39-20-34-11-3-4-12-34/h5-9,14-17,32H,3-4,10-13,18-20H2,1-2H3,(H2,31,37). The molecule has 3 heterocycles. The molecule has 9 nitrogen and oxygen atoms in total. The third-order valence-corrected chi connectivity index (χ3v) is 7.36. The molecule has 3 N–H and O–H groups in total. The van der Waals surface area contributed by atoms with Crippen molar-refractivity contribution in [2.45, 2.75) is 46.2 Å². The van der Waals surface area contributed by atoms with Crippen molar-refractivity contribution in [3.63, 3.8) is 0 Å². The average Bonchev–Trinajstić information content (AvgIpc) is 3.58. The first kappa shape index (κ1) is 26.5. The molecule has 0 atom stereocenters. The van der Waals surface area contributed by atoms with E-state index in [4.69, 9.17) is 10.5 Å². The van der Waals surface area contributed by atoms with Crippen LogP contribution in [0.5, 0.6) is 5.75 Å². The molecule has 2 aromatic heterocycles. The van der Waals surface area contributed by atoms with Gasteiger partial charge in [0.05, 0.1) is 0 Å². The molecular formula is C30H36N6O3. The van der Waals surface area contributed by atoms with Gasteiger partial charge in [0.15, 0.2) is 5.82 Å². The second kappa shape index (κ2) is 11.7. The average molecular weight is 529 g/mol. The van der Waals surface area contributed by atoms with Crippen LogP contribution in [-0.2, 0) is 24.3 Å². The number of benzene rings is 2. The molecule has 0 saturated carbocycles. The lowest BCUT2D eigenvalue weighted by Crippen LogP contribution is -2.37. The zero-order chi connectivity index (χ0) is 27.4. The summed E-state index contributed by atoms with van der Waals surface area (Å²) in [6.45, 7) is 7.46. The molecule has 0 aliphatic carbocycles. The van der Waals surface area contributed by atoms with Gasteiger partial charge in [-0.2, -0.15) is 0 Å². The Labute approximate surface area is 228 Å². The number of likely N-dealkylation sites (tertiary alicyclic amines) is 1. The van der Waals surface area contributed by atoms with E-state index in [1.807, 2.05) is 23.2 Å². The number of H-pyrrole nitrogens is 1. The van der Waals surface area contributed by atoms with E-state index in [1.165, 1.54) is 23.0 Å². The summed E-state index contributed by atoms with van der Waals surface area (Å²) < 4.78 is 7.44. The fourth-order valence-corrected chi connectivity index (χ4v) is 5.15. The van der Waals surface area contributed by atoms with Gasteiger partial charge >= 0.3 is 0 Å². The van der Waals surface area contributed by atoms with Crippen molar-refractivity contribution in [2.24, 2.45) is 5.73 Å². The lowest BCUT2D eigenvalue weighted by molar-refractivity contribution is -0.118. The molecule has 2 aromatic carbocycles. The van der Waals surface area contributed by atoms with Crippen LogP contribution < -0.4 is 20.9 Å². The molecule has 204 valence electrons. The number of carbonyl (C=O) groups excluding carboxylic acids is 1. The molecule has 0 spiro atoms. The maximum atomic E-state index is 13.5. The van der Waals surface area contributed by atoms with Crippen LogP contribution in [0.4, 0.5) is 5.82 Å². The smallest absolute Gasteiger partial charge is 0.294 e. The van der Waals surface area contributed by atoms with Crippen LogP contribution in [0.25, 0.3) is 10.9 Å². The zero-order valence-corrected chi connectivity index (χ0v) is 22.7. The lowest BCUT2D eigenvalue weighted by Gasteiger charge is -2.25. The van der Waals surface area contributed by atoms with E-state index < -0.39 is 5.91 Å². The highest BCUT2D eigenvalue weighted by Crippen LogP contribution is 2.22. The summed E-state index contributed by atoms with van der Waals surface area (Å²) in [5.41, 5.74) is 10.1. The first-order valence-corrected chi connectivity index (χ1v) is 13.5. The number of carbonyl (C=O) groups is 1. The van der Waals surface area contributed by atoms with Gasteiger partial charge in [0, 0.05) is 55.2 Å². The number of nitrogens with two attached hydrogens (primary N) is 1. The van der Waals surface area contributed by atoms with E-state index in [2.05, 4.69) is 52.1 Å². The number of rotatable bonds is 11. The fraction of sp³-hybridized carbons (Fsp3) is 0.367. The minimum absolute atomic E-state index is 0.182. The van der Waals surface area contributed by atoms with Gasteiger partial charge in [0.25, 0.3) is 5.56 Å². The number of aromatic nitrogens is 3. The van der Waals surface area contributed by atoms with Crippen molar-refractivity contribution in [2.75, 3.05) is 31.3 Å². The molecule has 1 aliphatic rings. The summed E-state index contributed by atoms with van der Waals surface area (Å²) >= 11 is 0. The van der Waals surface area contributed by atoms with Crippen molar-refractivity contribution in [3.8, 4) is 5.75 Å². The number of aromatic amines is 1. The lowest BCUT2D eigenvalue weighted by atomic mass is 10.1. The number of hydrogen-bond donors (Lipinski definition) is 2.